The monoisotopic (exact) mass is 380 g/mol. The lowest BCUT2D eigenvalue weighted by Crippen LogP contribution is -2.40. The van der Waals surface area contributed by atoms with E-state index in [1.807, 2.05) is 0 Å². The van der Waals surface area contributed by atoms with Crippen LogP contribution < -0.4 is 0 Å². The van der Waals surface area contributed by atoms with E-state index < -0.39 is 10.0 Å². The lowest BCUT2D eigenvalue weighted by atomic mass is 10.2. The van der Waals surface area contributed by atoms with Crippen LogP contribution >= 0.6 is 0 Å². The van der Waals surface area contributed by atoms with Gasteiger partial charge in [0, 0.05) is 25.7 Å². The third-order valence-corrected chi connectivity index (χ3v) is 5.87. The first-order valence-electron chi connectivity index (χ1n) is 8.10. The predicted octanol–water partition coefficient (Wildman–Crippen LogP) is 0.671. The van der Waals surface area contributed by atoms with E-state index in [-0.39, 0.29) is 22.9 Å². The summed E-state index contributed by atoms with van der Waals surface area (Å²) < 4.78 is 37.0. The number of benzene rings is 1. The molecule has 1 aromatic heterocycles. The largest absolute Gasteiger partial charge is 0.379 e. The van der Waals surface area contributed by atoms with Gasteiger partial charge in [-0.25, -0.2) is 8.42 Å². The molecule has 1 saturated heterocycles. The second-order valence-electron chi connectivity index (χ2n) is 5.94. The van der Waals surface area contributed by atoms with Crippen molar-refractivity contribution in [1.29, 1.82) is 0 Å². The Morgan fingerprint density at radius 1 is 1.31 bits per heavy atom. The van der Waals surface area contributed by atoms with Crippen LogP contribution in [0.15, 0.2) is 33.7 Å². The van der Waals surface area contributed by atoms with Crippen molar-refractivity contribution in [3.05, 3.63) is 41.5 Å². The second-order valence-corrected chi connectivity index (χ2v) is 7.88. The molecule has 0 aliphatic carbocycles. The SMILES string of the molecule is Cc1noc(CN(C)C(=O)c2cccc(S(=O)(=O)N3CCOCC3)c2)n1. The Labute approximate surface area is 151 Å². The number of sulfonamides is 1. The van der Waals surface area contributed by atoms with Crippen molar-refractivity contribution >= 4 is 15.9 Å². The van der Waals surface area contributed by atoms with Gasteiger partial charge in [-0.3, -0.25) is 4.79 Å². The van der Waals surface area contributed by atoms with Gasteiger partial charge in [0.15, 0.2) is 5.82 Å². The molecule has 0 unspecified atom stereocenters. The number of carbonyl (C=O) groups is 1. The van der Waals surface area contributed by atoms with Crippen LogP contribution in [0.25, 0.3) is 0 Å². The molecule has 2 heterocycles. The molecule has 140 valence electrons. The highest BCUT2D eigenvalue weighted by Gasteiger charge is 2.27. The van der Waals surface area contributed by atoms with Crippen LogP contribution in [0.1, 0.15) is 22.1 Å². The molecular weight excluding hydrogens is 360 g/mol. The number of aryl methyl sites for hydroxylation is 1. The molecule has 2 aromatic rings. The van der Waals surface area contributed by atoms with Crippen molar-refractivity contribution in [2.45, 2.75) is 18.4 Å². The molecule has 1 aliphatic rings. The number of carbonyl (C=O) groups excluding carboxylic acids is 1. The van der Waals surface area contributed by atoms with Crippen molar-refractivity contribution < 1.29 is 22.5 Å². The second kappa shape index (κ2) is 7.52. The summed E-state index contributed by atoms with van der Waals surface area (Å²) in [5.41, 5.74) is 0.276. The quantitative estimate of drug-likeness (QED) is 0.750. The fraction of sp³-hybridized carbons (Fsp3) is 0.438. The van der Waals surface area contributed by atoms with Crippen LogP contribution in [0.2, 0.25) is 0 Å². The number of ether oxygens (including phenoxy) is 1. The van der Waals surface area contributed by atoms with Gasteiger partial charge in [-0.15, -0.1) is 0 Å². The topological polar surface area (TPSA) is 106 Å². The Balaban J connectivity index is 1.78. The summed E-state index contributed by atoms with van der Waals surface area (Å²) >= 11 is 0. The first-order valence-corrected chi connectivity index (χ1v) is 9.54. The van der Waals surface area contributed by atoms with E-state index in [0.717, 1.165) is 0 Å². The predicted molar refractivity (Wildman–Crippen MR) is 90.9 cm³/mol. The molecule has 0 spiro atoms. The molecule has 1 amide bonds. The first-order chi connectivity index (χ1) is 12.4. The van der Waals surface area contributed by atoms with Crippen LogP contribution in [0.4, 0.5) is 0 Å². The zero-order chi connectivity index (χ0) is 18.7. The molecule has 1 aromatic carbocycles. The Kier molecular flexibility index (Phi) is 5.35. The van der Waals surface area contributed by atoms with Crippen molar-refractivity contribution in [2.24, 2.45) is 0 Å². The van der Waals surface area contributed by atoms with Crippen molar-refractivity contribution in [1.82, 2.24) is 19.3 Å². The van der Waals surface area contributed by atoms with Gasteiger partial charge in [0.25, 0.3) is 5.91 Å². The minimum absolute atomic E-state index is 0.0901. The molecule has 0 N–H and O–H groups in total. The average Bonchev–Trinajstić information content (AvgIpc) is 3.06. The zero-order valence-electron chi connectivity index (χ0n) is 14.6. The zero-order valence-corrected chi connectivity index (χ0v) is 15.4. The minimum atomic E-state index is -3.66. The van der Waals surface area contributed by atoms with E-state index >= 15 is 0 Å². The highest BCUT2D eigenvalue weighted by atomic mass is 32.2. The lowest BCUT2D eigenvalue weighted by molar-refractivity contribution is 0.0730. The normalized spacial score (nSPS) is 15.8. The summed E-state index contributed by atoms with van der Waals surface area (Å²) in [5.74, 6) is 0.467. The molecule has 3 rings (SSSR count). The van der Waals surface area contributed by atoms with Gasteiger partial charge in [-0.2, -0.15) is 9.29 Å². The van der Waals surface area contributed by atoms with E-state index in [1.165, 1.54) is 21.3 Å². The standard InChI is InChI=1S/C16H20N4O5S/c1-12-17-15(25-18-12)11-19(2)16(21)13-4-3-5-14(10-13)26(22,23)20-6-8-24-9-7-20/h3-5,10H,6-9,11H2,1-2H3. The smallest absolute Gasteiger partial charge is 0.254 e. The molecule has 0 radical (unpaired) electrons. The van der Waals surface area contributed by atoms with Crippen molar-refractivity contribution in [3.63, 3.8) is 0 Å². The highest BCUT2D eigenvalue weighted by molar-refractivity contribution is 7.89. The number of amides is 1. The lowest BCUT2D eigenvalue weighted by Gasteiger charge is -2.26. The van der Waals surface area contributed by atoms with Gasteiger partial charge in [-0.05, 0) is 25.1 Å². The van der Waals surface area contributed by atoms with Crippen LogP contribution in [0.3, 0.4) is 0 Å². The van der Waals surface area contributed by atoms with Gasteiger partial charge in [0.1, 0.15) is 0 Å². The van der Waals surface area contributed by atoms with Crippen LogP contribution in [0.5, 0.6) is 0 Å². The average molecular weight is 380 g/mol. The number of morpholine rings is 1. The molecule has 0 saturated carbocycles. The Hall–Kier alpha value is -2.30. The summed E-state index contributed by atoms with van der Waals surface area (Å²) in [5, 5.41) is 3.68. The summed E-state index contributed by atoms with van der Waals surface area (Å²) in [4.78, 5) is 18.2. The molecule has 9 nitrogen and oxygen atoms in total. The van der Waals surface area contributed by atoms with Crippen LogP contribution in [-0.4, -0.2) is 67.0 Å². The Bertz CT molecular complexity index is 890. The Morgan fingerprint density at radius 2 is 2.04 bits per heavy atom. The number of aromatic nitrogens is 2. The summed E-state index contributed by atoms with van der Waals surface area (Å²) in [6.07, 6.45) is 0. The number of nitrogens with zero attached hydrogens (tertiary/aromatic N) is 4. The van der Waals surface area contributed by atoms with Crippen LogP contribution in [0, 0.1) is 6.92 Å². The number of rotatable bonds is 5. The molecule has 10 heteroatoms. The highest BCUT2D eigenvalue weighted by Crippen LogP contribution is 2.19. The molecular formula is C16H20N4O5S. The summed E-state index contributed by atoms with van der Waals surface area (Å²) in [6, 6.07) is 6.02. The van der Waals surface area contributed by atoms with Crippen molar-refractivity contribution in [3.8, 4) is 0 Å². The summed E-state index contributed by atoms with van der Waals surface area (Å²) in [6.45, 7) is 3.16. The van der Waals surface area contributed by atoms with Crippen LogP contribution in [-0.2, 0) is 21.3 Å². The van der Waals surface area contributed by atoms with Crippen molar-refractivity contribution in [2.75, 3.05) is 33.4 Å². The maximum Gasteiger partial charge on any atom is 0.254 e. The number of hydrogen-bond acceptors (Lipinski definition) is 7. The van der Waals surface area contributed by atoms with Gasteiger partial charge < -0.3 is 14.2 Å². The molecule has 0 atom stereocenters. The fourth-order valence-corrected chi connectivity index (χ4v) is 4.08. The van der Waals surface area contributed by atoms with Gasteiger partial charge >= 0.3 is 0 Å². The molecule has 0 bridgehead atoms. The Morgan fingerprint density at radius 3 is 2.69 bits per heavy atom. The maximum atomic E-state index is 12.7. The fourth-order valence-electron chi connectivity index (χ4n) is 2.62. The number of hydrogen-bond donors (Lipinski definition) is 0. The third-order valence-electron chi connectivity index (χ3n) is 3.98. The van der Waals surface area contributed by atoms with Gasteiger partial charge in [0.2, 0.25) is 15.9 Å². The minimum Gasteiger partial charge on any atom is -0.379 e. The van der Waals surface area contributed by atoms with Gasteiger partial charge in [-0.1, -0.05) is 11.2 Å². The summed E-state index contributed by atoms with van der Waals surface area (Å²) in [7, 11) is -2.07. The maximum absolute atomic E-state index is 12.7. The van der Waals surface area contributed by atoms with E-state index in [0.29, 0.717) is 38.0 Å². The van der Waals surface area contributed by atoms with E-state index in [2.05, 4.69) is 10.1 Å². The molecule has 1 fully saturated rings. The molecule has 26 heavy (non-hydrogen) atoms. The van der Waals surface area contributed by atoms with E-state index in [4.69, 9.17) is 9.26 Å². The van der Waals surface area contributed by atoms with E-state index in [9.17, 15) is 13.2 Å². The van der Waals surface area contributed by atoms with Gasteiger partial charge in [0.05, 0.1) is 24.7 Å². The molecule has 1 aliphatic heterocycles. The first kappa shape index (κ1) is 18.5. The van der Waals surface area contributed by atoms with E-state index in [1.54, 1.807) is 26.1 Å². The third kappa shape index (κ3) is 3.92.